The van der Waals surface area contributed by atoms with Gasteiger partial charge in [-0.25, -0.2) is 4.79 Å². The number of benzene rings is 3. The molecule has 1 heterocycles. The molecule has 0 unspecified atom stereocenters. The zero-order valence-electron chi connectivity index (χ0n) is 18.6. The molecule has 3 aromatic carbocycles. The molecule has 1 N–H and O–H groups in total. The highest BCUT2D eigenvalue weighted by Crippen LogP contribution is 2.37. The number of thioether (sulfide) groups is 1. The van der Waals surface area contributed by atoms with Gasteiger partial charge in [-0.1, -0.05) is 36.4 Å². The molecule has 1 aromatic heterocycles. The van der Waals surface area contributed by atoms with E-state index in [2.05, 4.69) is 0 Å². The summed E-state index contributed by atoms with van der Waals surface area (Å²) in [4.78, 5) is 11.7. The van der Waals surface area contributed by atoms with Crippen molar-refractivity contribution < 1.29 is 27.8 Å². The molecular weight excluding hydrogens is 493 g/mol. The molecule has 8 heteroatoms. The summed E-state index contributed by atoms with van der Waals surface area (Å²) in [6.45, 7) is 1.45. The van der Waals surface area contributed by atoms with Crippen LogP contribution in [0.2, 0.25) is 0 Å². The van der Waals surface area contributed by atoms with E-state index in [4.69, 9.17) is 9.84 Å². The van der Waals surface area contributed by atoms with Crippen LogP contribution >= 0.6 is 23.1 Å². The minimum Gasteiger partial charge on any atom is -0.482 e. The van der Waals surface area contributed by atoms with Crippen molar-refractivity contribution in [3.63, 3.8) is 0 Å². The van der Waals surface area contributed by atoms with Crippen molar-refractivity contribution in [2.45, 2.75) is 18.0 Å². The molecular formula is C27H21F3O3S2. The quantitative estimate of drug-likeness (QED) is 0.243. The van der Waals surface area contributed by atoms with Gasteiger partial charge in [-0.3, -0.25) is 0 Å². The van der Waals surface area contributed by atoms with Crippen molar-refractivity contribution >= 4 is 44.7 Å². The molecule has 0 spiro atoms. The third kappa shape index (κ3) is 6.07. The van der Waals surface area contributed by atoms with Crippen LogP contribution in [0.3, 0.4) is 0 Å². The van der Waals surface area contributed by atoms with Crippen molar-refractivity contribution in [1.82, 2.24) is 0 Å². The average Bonchev–Trinajstić information content (AvgIpc) is 3.25. The Morgan fingerprint density at radius 3 is 2.51 bits per heavy atom. The minimum absolute atomic E-state index is 0.402. The zero-order valence-corrected chi connectivity index (χ0v) is 20.3. The number of fused-ring (bicyclic) bond motifs is 1. The Hall–Kier alpha value is -3.23. The summed E-state index contributed by atoms with van der Waals surface area (Å²) in [5, 5.41) is 11.9. The van der Waals surface area contributed by atoms with Gasteiger partial charge in [0.15, 0.2) is 6.61 Å². The van der Waals surface area contributed by atoms with Crippen molar-refractivity contribution in [1.29, 1.82) is 0 Å². The van der Waals surface area contributed by atoms with Gasteiger partial charge in [-0.15, -0.1) is 23.1 Å². The van der Waals surface area contributed by atoms with E-state index in [0.717, 1.165) is 49.4 Å². The van der Waals surface area contributed by atoms with Crippen LogP contribution in [0.5, 0.6) is 5.75 Å². The molecule has 0 aliphatic rings. The molecule has 0 saturated carbocycles. The summed E-state index contributed by atoms with van der Waals surface area (Å²) in [6, 6.07) is 18.8. The second-order valence-corrected chi connectivity index (χ2v) is 9.76. The predicted molar refractivity (Wildman–Crippen MR) is 135 cm³/mol. The number of halogens is 3. The molecule has 4 rings (SSSR count). The highest BCUT2D eigenvalue weighted by molar-refractivity contribution is 7.99. The average molecular weight is 515 g/mol. The molecule has 4 aromatic rings. The topological polar surface area (TPSA) is 46.5 Å². The third-order valence-electron chi connectivity index (χ3n) is 5.33. The fourth-order valence-electron chi connectivity index (χ4n) is 3.64. The van der Waals surface area contributed by atoms with Crippen molar-refractivity contribution in [2.24, 2.45) is 0 Å². The number of hydrogen-bond donors (Lipinski definition) is 1. The van der Waals surface area contributed by atoms with E-state index in [1.807, 2.05) is 54.8 Å². The molecule has 3 nitrogen and oxygen atoms in total. The number of carboxylic acid groups (broad SMARTS) is 1. The Kier molecular flexibility index (Phi) is 7.52. The highest BCUT2D eigenvalue weighted by Gasteiger charge is 2.30. The van der Waals surface area contributed by atoms with E-state index in [-0.39, 0.29) is 0 Å². The van der Waals surface area contributed by atoms with Crippen LogP contribution in [0.4, 0.5) is 13.2 Å². The number of thiophene rings is 1. The number of hydrogen-bond acceptors (Lipinski definition) is 4. The monoisotopic (exact) mass is 514 g/mol. The second kappa shape index (κ2) is 10.6. The van der Waals surface area contributed by atoms with E-state index in [1.54, 1.807) is 29.2 Å². The fourth-order valence-corrected chi connectivity index (χ4v) is 5.47. The minimum atomic E-state index is -4.38. The Bertz CT molecular complexity index is 1370. The summed E-state index contributed by atoms with van der Waals surface area (Å²) in [5.41, 5.74) is 2.73. The number of rotatable bonds is 8. The van der Waals surface area contributed by atoms with Gasteiger partial charge in [0.2, 0.25) is 0 Å². The second-order valence-electron chi connectivity index (χ2n) is 7.76. The van der Waals surface area contributed by atoms with E-state index in [0.29, 0.717) is 11.5 Å². The van der Waals surface area contributed by atoms with Gasteiger partial charge in [-0.05, 0) is 65.4 Å². The summed E-state index contributed by atoms with van der Waals surface area (Å²) in [5.74, 6) is 0.0715. The largest absolute Gasteiger partial charge is 0.482 e. The van der Waals surface area contributed by atoms with Gasteiger partial charge >= 0.3 is 12.1 Å². The fraction of sp³-hybridized carbons (Fsp3) is 0.148. The number of alkyl halides is 3. The molecule has 0 radical (unpaired) electrons. The van der Waals surface area contributed by atoms with Gasteiger partial charge < -0.3 is 9.84 Å². The summed E-state index contributed by atoms with van der Waals surface area (Å²) < 4.78 is 45.7. The first kappa shape index (κ1) is 24.9. The summed E-state index contributed by atoms with van der Waals surface area (Å²) >= 11 is 3.18. The van der Waals surface area contributed by atoms with E-state index in [1.165, 1.54) is 12.1 Å². The molecule has 0 bridgehead atoms. The van der Waals surface area contributed by atoms with Crippen molar-refractivity contribution in [2.75, 3.05) is 12.4 Å². The molecule has 0 amide bonds. The summed E-state index contributed by atoms with van der Waals surface area (Å²) in [6.07, 6.45) is -2.35. The molecule has 0 fully saturated rings. The normalized spacial score (nSPS) is 12.2. The van der Waals surface area contributed by atoms with Crippen LogP contribution in [0, 0.1) is 6.92 Å². The number of aryl methyl sites for hydroxylation is 1. The lowest BCUT2D eigenvalue weighted by atomic mass is 9.96. The maximum Gasteiger partial charge on any atom is 0.416 e. The number of aliphatic carboxylic acids is 1. The van der Waals surface area contributed by atoms with E-state index >= 15 is 0 Å². The molecule has 180 valence electrons. The Balaban J connectivity index is 1.61. The highest BCUT2D eigenvalue weighted by atomic mass is 32.2. The van der Waals surface area contributed by atoms with Gasteiger partial charge in [-0.2, -0.15) is 13.2 Å². The predicted octanol–water partition coefficient (Wildman–Crippen LogP) is 7.92. The van der Waals surface area contributed by atoms with E-state index in [9.17, 15) is 18.0 Å². The Morgan fingerprint density at radius 2 is 1.83 bits per heavy atom. The zero-order chi connectivity index (χ0) is 25.0. The van der Waals surface area contributed by atoms with Crippen molar-refractivity contribution in [3.05, 3.63) is 100 Å². The van der Waals surface area contributed by atoms with Crippen LogP contribution in [0.25, 0.3) is 15.7 Å². The standard InChI is InChI=1S/C27H21F3O3S2/c1-17-14-20(10-11-24(17)33-15-26(31)32)34-13-12-21(18-6-8-19(9-7-18)27(28,29)30)23-16-35-25-5-3-2-4-22(23)25/h2-12,14,16H,13,15H2,1H3,(H,31,32)/b21-12-. The summed E-state index contributed by atoms with van der Waals surface area (Å²) in [7, 11) is 0. The first-order valence-corrected chi connectivity index (χ1v) is 12.5. The third-order valence-corrected chi connectivity index (χ3v) is 7.21. The van der Waals surface area contributed by atoms with Crippen molar-refractivity contribution in [3.8, 4) is 5.75 Å². The lowest BCUT2D eigenvalue weighted by Gasteiger charge is -2.12. The SMILES string of the molecule is Cc1cc(SC/C=C(/c2ccc(C(F)(F)F)cc2)c2csc3ccccc23)ccc1OCC(=O)O. The lowest BCUT2D eigenvalue weighted by Crippen LogP contribution is -2.09. The maximum absolute atomic E-state index is 13.1. The molecule has 0 aliphatic carbocycles. The first-order valence-electron chi connectivity index (χ1n) is 10.6. The molecule has 0 atom stereocenters. The van der Waals surface area contributed by atoms with Crippen LogP contribution in [0.15, 0.2) is 83.1 Å². The van der Waals surface area contributed by atoms with Crippen LogP contribution in [0.1, 0.15) is 22.3 Å². The van der Waals surface area contributed by atoms with Gasteiger partial charge in [0.05, 0.1) is 5.56 Å². The maximum atomic E-state index is 13.1. The molecule has 35 heavy (non-hydrogen) atoms. The Labute approximate surface area is 208 Å². The van der Waals surface area contributed by atoms with Gasteiger partial charge in [0, 0.05) is 26.3 Å². The number of ether oxygens (including phenoxy) is 1. The van der Waals surface area contributed by atoms with Crippen LogP contribution in [-0.2, 0) is 11.0 Å². The lowest BCUT2D eigenvalue weighted by molar-refractivity contribution is -0.139. The number of carboxylic acids is 1. The van der Waals surface area contributed by atoms with Crippen LogP contribution < -0.4 is 4.74 Å². The van der Waals surface area contributed by atoms with E-state index < -0.39 is 24.3 Å². The Morgan fingerprint density at radius 1 is 1.09 bits per heavy atom. The van der Waals surface area contributed by atoms with Gasteiger partial charge in [0.1, 0.15) is 5.75 Å². The van der Waals surface area contributed by atoms with Crippen LogP contribution in [-0.4, -0.2) is 23.4 Å². The molecule has 0 aliphatic heterocycles. The molecule has 0 saturated heterocycles. The van der Waals surface area contributed by atoms with Gasteiger partial charge in [0.25, 0.3) is 0 Å². The smallest absolute Gasteiger partial charge is 0.416 e. The first-order chi connectivity index (χ1) is 16.7. The number of carbonyl (C=O) groups is 1.